The average Bonchev–Trinajstić information content (AvgIpc) is 3.35. The average molecular weight is 875 g/mol. The normalized spacial score (nSPS) is 13.0. The summed E-state index contributed by atoms with van der Waals surface area (Å²) in [5, 5.41) is 1.32. The second kappa shape index (κ2) is 21.4. The molecule has 0 spiro atoms. The summed E-state index contributed by atoms with van der Waals surface area (Å²) in [5.74, 6) is -12.9. The molecule has 1 amide bonds. The number of hydroxylamine groups is 2. The van der Waals surface area contributed by atoms with Crippen LogP contribution < -0.4 is 15.2 Å². The standard InChI is InChI=1S/C37H42F4N4O12S2/c1-3-12-45(56-4-2)37(47)26-19-25-9-8-24(21-28(25)44-29(42)22-26)23-6-5-7-27(20-23)58(48,49)43-11-14-54-16-18-55-17-15-53-13-10-30(46)57-35-31(38)33(40)36(59(50,51)52)34(41)32(35)39/h5-9,19-21,43H,3-4,10-18,22H2,1-2H3,(H2,42,44)(H,50,51,52). The van der Waals surface area contributed by atoms with Gasteiger partial charge in [-0.15, -0.1) is 0 Å². The first-order valence-electron chi connectivity index (χ1n) is 18.0. The third-order valence-corrected chi connectivity index (χ3v) is 10.4. The third kappa shape index (κ3) is 12.8. The molecule has 59 heavy (non-hydrogen) atoms. The van der Waals surface area contributed by atoms with Gasteiger partial charge in [0.1, 0.15) is 5.84 Å². The molecule has 3 aromatic rings. The summed E-state index contributed by atoms with van der Waals surface area (Å²) < 4.78 is 135. The van der Waals surface area contributed by atoms with E-state index in [9.17, 15) is 44.0 Å². The van der Waals surface area contributed by atoms with E-state index in [2.05, 4.69) is 14.5 Å². The zero-order chi connectivity index (χ0) is 43.3. The fourth-order valence-electron chi connectivity index (χ4n) is 5.40. The Balaban J connectivity index is 1.17. The van der Waals surface area contributed by atoms with Gasteiger partial charge in [-0.05, 0) is 48.7 Å². The number of amides is 1. The molecule has 0 atom stereocenters. The van der Waals surface area contributed by atoms with Gasteiger partial charge >= 0.3 is 16.1 Å². The highest BCUT2D eigenvalue weighted by atomic mass is 32.2. The van der Waals surface area contributed by atoms with Crippen LogP contribution in [0.1, 0.15) is 38.7 Å². The van der Waals surface area contributed by atoms with Crippen molar-refractivity contribution in [2.24, 2.45) is 10.7 Å². The SMILES string of the molecule is CCCN(OCC)C(=O)C1=Cc2ccc(-c3cccc(S(=O)(=O)NCCOCCOCCOCCC(=O)Oc4c(F)c(F)c(S(=O)(=O)O)c(F)c4F)c3)cc2N=C(N)C1. The molecule has 3 aromatic carbocycles. The Kier molecular flexibility index (Phi) is 17.0. The summed E-state index contributed by atoms with van der Waals surface area (Å²) in [5.41, 5.74) is 9.07. The molecule has 0 radical (unpaired) electrons. The van der Waals surface area contributed by atoms with Crippen LogP contribution in [0.25, 0.3) is 17.2 Å². The van der Waals surface area contributed by atoms with Gasteiger partial charge in [-0.1, -0.05) is 31.2 Å². The Morgan fingerprint density at radius 2 is 1.49 bits per heavy atom. The smallest absolute Gasteiger partial charge is 0.313 e. The second-order valence-corrected chi connectivity index (χ2v) is 15.5. The maximum Gasteiger partial charge on any atom is 0.313 e. The predicted octanol–water partition coefficient (Wildman–Crippen LogP) is 4.45. The van der Waals surface area contributed by atoms with E-state index in [0.29, 0.717) is 47.5 Å². The lowest BCUT2D eigenvalue weighted by Gasteiger charge is -2.21. The number of carbonyl (C=O) groups excluding carboxylic acids is 2. The van der Waals surface area contributed by atoms with Crippen LogP contribution in [0.4, 0.5) is 23.2 Å². The van der Waals surface area contributed by atoms with Crippen molar-refractivity contribution in [1.82, 2.24) is 9.79 Å². The molecule has 0 saturated carbocycles. The number of benzene rings is 3. The van der Waals surface area contributed by atoms with E-state index >= 15 is 0 Å². The van der Waals surface area contributed by atoms with Crippen LogP contribution in [0.15, 0.2) is 62.8 Å². The number of carbonyl (C=O) groups is 2. The molecule has 0 aliphatic carbocycles. The molecule has 0 aromatic heterocycles. The van der Waals surface area contributed by atoms with Crippen LogP contribution in [0.3, 0.4) is 0 Å². The minimum Gasteiger partial charge on any atom is -0.420 e. The molecule has 322 valence electrons. The van der Waals surface area contributed by atoms with Crippen molar-refractivity contribution >= 4 is 49.6 Å². The lowest BCUT2D eigenvalue weighted by molar-refractivity contribution is -0.180. The first-order valence-corrected chi connectivity index (χ1v) is 20.9. The number of aliphatic imine (C=N–C) groups is 1. The van der Waals surface area contributed by atoms with Crippen LogP contribution in [0.5, 0.6) is 5.75 Å². The highest BCUT2D eigenvalue weighted by Gasteiger charge is 2.34. The van der Waals surface area contributed by atoms with Crippen LogP contribution in [0, 0.1) is 23.3 Å². The fraction of sp³-hybridized carbons (Fsp3) is 0.378. The van der Waals surface area contributed by atoms with Crippen LogP contribution in [-0.4, -0.2) is 104 Å². The number of hydrogen-bond acceptors (Lipinski definition) is 13. The summed E-state index contributed by atoms with van der Waals surface area (Å²) in [4.78, 5) is 32.8. The molecule has 0 saturated heterocycles. The number of rotatable bonds is 22. The summed E-state index contributed by atoms with van der Waals surface area (Å²) in [6, 6.07) is 11.7. The van der Waals surface area contributed by atoms with Gasteiger partial charge in [-0.25, -0.2) is 32.0 Å². The van der Waals surface area contributed by atoms with Crippen molar-refractivity contribution in [2.75, 3.05) is 59.3 Å². The fourth-order valence-corrected chi connectivity index (χ4v) is 7.09. The van der Waals surface area contributed by atoms with E-state index in [1.807, 2.05) is 6.92 Å². The van der Waals surface area contributed by atoms with Crippen molar-refractivity contribution in [2.45, 2.75) is 42.9 Å². The maximum absolute atomic E-state index is 14.0. The number of hydrogen-bond donors (Lipinski definition) is 3. The zero-order valence-corrected chi connectivity index (χ0v) is 33.5. The Bertz CT molecular complexity index is 2260. The van der Waals surface area contributed by atoms with Gasteiger partial charge in [0, 0.05) is 30.6 Å². The van der Waals surface area contributed by atoms with Gasteiger partial charge in [0.05, 0.1) is 63.3 Å². The topological polar surface area (TPSA) is 222 Å². The number of ether oxygens (including phenoxy) is 4. The van der Waals surface area contributed by atoms with Gasteiger partial charge < -0.3 is 24.7 Å². The number of fused-ring (bicyclic) bond motifs is 1. The number of sulfonamides is 1. The summed E-state index contributed by atoms with van der Waals surface area (Å²) in [6.07, 6.45) is 1.94. The van der Waals surface area contributed by atoms with Crippen molar-refractivity contribution < 1.29 is 72.3 Å². The first-order chi connectivity index (χ1) is 28.0. The van der Waals surface area contributed by atoms with E-state index in [1.165, 1.54) is 17.2 Å². The summed E-state index contributed by atoms with van der Waals surface area (Å²) >= 11 is 0. The Morgan fingerprint density at radius 1 is 0.864 bits per heavy atom. The molecule has 4 rings (SSSR count). The predicted molar refractivity (Wildman–Crippen MR) is 203 cm³/mol. The van der Waals surface area contributed by atoms with Gasteiger partial charge in [0.25, 0.3) is 5.91 Å². The highest BCUT2D eigenvalue weighted by molar-refractivity contribution is 7.89. The monoisotopic (exact) mass is 874 g/mol. The number of nitrogens with zero attached hydrogens (tertiary/aromatic N) is 2. The number of halogens is 4. The second-order valence-electron chi connectivity index (χ2n) is 12.4. The van der Waals surface area contributed by atoms with Crippen LogP contribution >= 0.6 is 0 Å². The van der Waals surface area contributed by atoms with Crippen molar-refractivity contribution in [3.05, 3.63) is 76.9 Å². The van der Waals surface area contributed by atoms with Gasteiger partial charge in [0.15, 0.2) is 16.5 Å². The Morgan fingerprint density at radius 3 is 2.12 bits per heavy atom. The van der Waals surface area contributed by atoms with E-state index in [-0.39, 0.29) is 69.2 Å². The number of nitrogens with two attached hydrogens (primary N) is 1. The lowest BCUT2D eigenvalue weighted by Crippen LogP contribution is -2.34. The Labute approximate surface area is 337 Å². The molecule has 1 aliphatic rings. The van der Waals surface area contributed by atoms with Crippen LogP contribution in [0.2, 0.25) is 0 Å². The van der Waals surface area contributed by atoms with Crippen molar-refractivity contribution in [3.63, 3.8) is 0 Å². The highest BCUT2D eigenvalue weighted by Crippen LogP contribution is 2.34. The molecule has 4 N–H and O–H groups in total. The Hall–Kier alpha value is -4.81. The van der Waals surface area contributed by atoms with Gasteiger partial charge in [-0.3, -0.25) is 19.0 Å². The van der Waals surface area contributed by atoms with E-state index in [1.54, 1.807) is 43.3 Å². The third-order valence-electron chi connectivity index (χ3n) is 8.08. The largest absolute Gasteiger partial charge is 0.420 e. The maximum atomic E-state index is 14.0. The molecule has 1 aliphatic heterocycles. The number of nitrogens with one attached hydrogen (secondary N) is 1. The molecule has 16 nitrogen and oxygen atoms in total. The van der Waals surface area contributed by atoms with Crippen molar-refractivity contribution in [1.29, 1.82) is 0 Å². The number of amidine groups is 1. The molecule has 1 heterocycles. The molecule has 0 unspecified atom stereocenters. The van der Waals surface area contributed by atoms with E-state index in [0.717, 1.165) is 0 Å². The molecule has 0 fully saturated rings. The lowest BCUT2D eigenvalue weighted by atomic mass is 10.0. The molecule has 22 heteroatoms. The first kappa shape index (κ1) is 46.9. The van der Waals surface area contributed by atoms with Crippen molar-refractivity contribution in [3.8, 4) is 16.9 Å². The van der Waals surface area contributed by atoms with Crippen LogP contribution in [-0.2, 0) is 48.8 Å². The molecular weight excluding hydrogens is 833 g/mol. The van der Waals surface area contributed by atoms with Gasteiger partial charge in [-0.2, -0.15) is 17.2 Å². The summed E-state index contributed by atoms with van der Waals surface area (Å²) in [6.45, 7) is 4.22. The minimum absolute atomic E-state index is 0.0114. The van der Waals surface area contributed by atoms with E-state index in [4.69, 9.17) is 29.3 Å². The zero-order valence-electron chi connectivity index (χ0n) is 31.8. The minimum atomic E-state index is -5.67. The quantitative estimate of drug-likeness (QED) is 0.0242. The van der Waals surface area contributed by atoms with E-state index < -0.39 is 66.4 Å². The molecular formula is C37H42F4N4O12S2. The number of esters is 1. The summed E-state index contributed by atoms with van der Waals surface area (Å²) in [7, 11) is -9.60. The van der Waals surface area contributed by atoms with Gasteiger partial charge in [0.2, 0.25) is 27.4 Å². The molecule has 0 bridgehead atoms.